The third-order valence-corrected chi connectivity index (χ3v) is 19.5. The molecule has 2 aromatic heterocycles. The Labute approximate surface area is 511 Å². The van der Waals surface area contributed by atoms with Crippen molar-refractivity contribution in [2.45, 2.75) is 89.0 Å². The first-order valence-electron chi connectivity index (χ1n) is 29.4. The van der Waals surface area contributed by atoms with Crippen molar-refractivity contribution < 1.29 is 66.8 Å². The molecular weight excluding hydrogens is 1160 g/mol. The number of nitrogens with zero attached hydrogens (tertiary/aromatic N) is 4. The van der Waals surface area contributed by atoms with Gasteiger partial charge in [-0.05, 0) is 60.1 Å². The van der Waals surface area contributed by atoms with E-state index < -0.39 is 70.6 Å². The zero-order chi connectivity index (χ0) is 60.3. The van der Waals surface area contributed by atoms with E-state index in [0.29, 0.717) is 59.1 Å². The molecule has 6 unspecified atom stereocenters. The zero-order valence-electron chi connectivity index (χ0n) is 47.1. The topological polar surface area (TPSA) is 242 Å². The molecular formula is C68H54N4O14S2. The largest absolute Gasteiger partial charge is 0.458 e. The third-order valence-electron chi connectivity index (χ3n) is 17.5. The van der Waals surface area contributed by atoms with Crippen LogP contribution in [-0.4, -0.2) is 68.4 Å². The molecule has 442 valence electrons. The number of thiazole rings is 2. The lowest BCUT2D eigenvalue weighted by Gasteiger charge is -2.40. The number of carbonyl (C=O) groups is 8. The van der Waals surface area contributed by atoms with Crippen molar-refractivity contribution in [2.75, 3.05) is 0 Å². The molecule has 8 aliphatic rings. The first-order chi connectivity index (χ1) is 42.9. The number of hydrogen-bond acceptors (Lipinski definition) is 20. The van der Waals surface area contributed by atoms with Gasteiger partial charge >= 0.3 is 35.1 Å². The van der Waals surface area contributed by atoms with Gasteiger partial charge in [0.15, 0.2) is 34.6 Å². The molecule has 14 rings (SSSR count). The monoisotopic (exact) mass is 1210 g/mol. The second-order valence-electron chi connectivity index (χ2n) is 22.9. The van der Waals surface area contributed by atoms with Crippen molar-refractivity contribution in [3.05, 3.63) is 201 Å². The number of allylic oxidation sites excluding steroid dienone is 6. The number of carbonyl (C=O) groups excluding carboxylic acids is 8. The standard InChI is InChI=1S/C68H54N4O14S2/c73-53-43-25-13-14-26-44(43)54(74)51(53)69-65-71-59-57(87-65)47-29-42-32-50-48(30-41(42)31-49(47)85-67(59,61(77)81-33-37-17-5-1-6-18-37)62(78)82-34-38-19-7-2-8-20-38)58-60(72-66(88-58)70-52-55(75)45-27-15-16-28-46(45)56(52)76)68(86-50,63(79)83-35-39-21-9-3-10-22-39)64(80)84-36-40-23-11-4-12-24-40/h1-12,17-24,29-32,41-46H,13-16,25-28,33-36H2. The van der Waals surface area contributed by atoms with E-state index in [1.54, 1.807) is 146 Å². The number of benzene rings is 4. The van der Waals surface area contributed by atoms with Crippen LogP contribution in [0.3, 0.4) is 0 Å². The van der Waals surface area contributed by atoms with Gasteiger partial charge in [0.25, 0.3) is 0 Å². The minimum absolute atomic E-state index is 0.0362. The van der Waals surface area contributed by atoms with E-state index >= 15 is 19.2 Å². The van der Waals surface area contributed by atoms with E-state index in [2.05, 4.69) is 9.98 Å². The van der Waals surface area contributed by atoms with Gasteiger partial charge in [0, 0.05) is 46.7 Å². The summed E-state index contributed by atoms with van der Waals surface area (Å²) in [5.74, 6) is -9.55. The van der Waals surface area contributed by atoms with Gasteiger partial charge in [-0.1, -0.05) is 182 Å². The molecule has 2 aliphatic heterocycles. The van der Waals surface area contributed by atoms with Crippen LogP contribution in [0.5, 0.6) is 0 Å². The SMILES string of the molecule is O=C1C(=Nc2nc3c(s2)C2=CC4C=C5OC(C(=O)OCc6ccccc6)(C(=O)OCc6ccccc6)c6nc(N=C7C(=O)C8CCCCC8C7=O)sc6C5=CC4C=C2OC3(C(=O)OCc2ccccc2)C(=O)OCc2ccccc2)C(=O)C2CCCCC12. The predicted molar refractivity (Wildman–Crippen MR) is 319 cm³/mol. The maximum Gasteiger partial charge on any atom is 0.369 e. The molecule has 0 spiro atoms. The first kappa shape index (κ1) is 56.4. The summed E-state index contributed by atoms with van der Waals surface area (Å²) in [5.41, 5.74) is -3.42. The van der Waals surface area contributed by atoms with E-state index in [4.69, 9.17) is 38.4 Å². The van der Waals surface area contributed by atoms with Crippen molar-refractivity contribution in [1.82, 2.24) is 9.97 Å². The Hall–Kier alpha value is -9.40. The Morgan fingerprint density at radius 2 is 0.716 bits per heavy atom. The summed E-state index contributed by atoms with van der Waals surface area (Å²) in [6.45, 7) is -1.12. The maximum atomic E-state index is 15.2. The van der Waals surface area contributed by atoms with E-state index in [1.165, 1.54) is 0 Å². The molecule has 0 radical (unpaired) electrons. The second kappa shape index (κ2) is 23.0. The fourth-order valence-electron chi connectivity index (χ4n) is 13.0. The molecule has 0 saturated heterocycles. The maximum absolute atomic E-state index is 15.2. The summed E-state index contributed by atoms with van der Waals surface area (Å²) in [4.78, 5) is 136. The van der Waals surface area contributed by atoms with E-state index in [9.17, 15) is 19.2 Å². The van der Waals surface area contributed by atoms with Gasteiger partial charge in [-0.15, -0.1) is 0 Å². The Balaban J connectivity index is 0.913. The highest BCUT2D eigenvalue weighted by molar-refractivity contribution is 7.17. The van der Waals surface area contributed by atoms with Crippen LogP contribution < -0.4 is 0 Å². The summed E-state index contributed by atoms with van der Waals surface area (Å²) >= 11 is 1.87. The number of rotatable bonds is 14. The number of aliphatic imine (C=N–C) groups is 2. The number of fused-ring (bicyclic) bond motifs is 9. The molecule has 88 heavy (non-hydrogen) atoms. The van der Waals surface area contributed by atoms with Gasteiger partial charge in [0.2, 0.25) is 10.3 Å². The number of ketones is 4. The van der Waals surface area contributed by atoms with E-state index in [0.717, 1.165) is 48.4 Å². The molecule has 4 heterocycles. The molecule has 0 bridgehead atoms. The molecule has 6 aliphatic carbocycles. The fourth-order valence-corrected chi connectivity index (χ4v) is 15.1. The fraction of sp³-hybridized carbons (Fsp3) is 0.294. The van der Waals surface area contributed by atoms with Gasteiger partial charge in [-0.25, -0.2) is 39.1 Å². The predicted octanol–water partition coefficient (Wildman–Crippen LogP) is 10.6. The van der Waals surface area contributed by atoms with Crippen LogP contribution >= 0.6 is 22.7 Å². The summed E-state index contributed by atoms with van der Waals surface area (Å²) in [6, 6.07) is 35.4. The smallest absolute Gasteiger partial charge is 0.369 e. The molecule has 18 nitrogen and oxygen atoms in total. The summed E-state index contributed by atoms with van der Waals surface area (Å²) in [6.07, 6.45) is 12.4. The highest BCUT2D eigenvalue weighted by atomic mass is 32.1. The van der Waals surface area contributed by atoms with Gasteiger partial charge in [-0.3, -0.25) is 19.2 Å². The van der Waals surface area contributed by atoms with Gasteiger partial charge in [-0.2, -0.15) is 0 Å². The second-order valence-corrected chi connectivity index (χ2v) is 24.9. The number of Topliss-reactive ketones (excluding diaryl/α,β-unsaturated/α-hetero) is 4. The van der Waals surface area contributed by atoms with Crippen molar-refractivity contribution >= 4 is 103 Å². The third kappa shape index (κ3) is 9.87. The van der Waals surface area contributed by atoms with Crippen LogP contribution in [0.1, 0.15) is 94.8 Å². The van der Waals surface area contributed by atoms with Crippen molar-refractivity contribution in [3.8, 4) is 0 Å². The van der Waals surface area contributed by atoms with Crippen molar-refractivity contribution in [3.63, 3.8) is 0 Å². The van der Waals surface area contributed by atoms with Crippen LogP contribution in [-0.2, 0) is 104 Å². The molecule has 4 fully saturated rings. The lowest BCUT2D eigenvalue weighted by atomic mass is 9.76. The van der Waals surface area contributed by atoms with Gasteiger partial charge in [0.1, 0.15) is 49.3 Å². The van der Waals surface area contributed by atoms with Crippen LogP contribution in [0.4, 0.5) is 10.3 Å². The van der Waals surface area contributed by atoms with Crippen LogP contribution in [0.25, 0.3) is 11.1 Å². The van der Waals surface area contributed by atoms with Gasteiger partial charge in [0.05, 0.1) is 9.75 Å². The normalized spacial score (nSPS) is 23.2. The molecule has 4 saturated carbocycles. The summed E-state index contributed by atoms with van der Waals surface area (Å²) in [7, 11) is 0. The lowest BCUT2D eigenvalue weighted by molar-refractivity contribution is -0.191. The Morgan fingerprint density at radius 3 is 1.00 bits per heavy atom. The Kier molecular flexibility index (Phi) is 14.8. The van der Waals surface area contributed by atoms with Crippen molar-refractivity contribution in [2.24, 2.45) is 45.5 Å². The van der Waals surface area contributed by atoms with Crippen LogP contribution in [0, 0.1) is 35.5 Å². The molecule has 6 aromatic rings. The molecule has 20 heteroatoms. The first-order valence-corrected chi connectivity index (χ1v) is 31.0. The van der Waals surface area contributed by atoms with E-state index in [1.807, 2.05) is 0 Å². The lowest BCUT2D eigenvalue weighted by Crippen LogP contribution is -2.51. The van der Waals surface area contributed by atoms with Crippen LogP contribution in [0.15, 0.2) is 167 Å². The average molecular weight is 1220 g/mol. The van der Waals surface area contributed by atoms with Crippen molar-refractivity contribution in [1.29, 1.82) is 0 Å². The summed E-state index contributed by atoms with van der Waals surface area (Å²) in [5, 5.41) is -0.206. The quantitative estimate of drug-likeness (QED) is 0.0559. The minimum Gasteiger partial charge on any atom is -0.458 e. The molecule has 6 atom stereocenters. The number of hydrogen-bond donors (Lipinski definition) is 0. The average Bonchev–Trinajstić information content (AvgIpc) is 1.34. The highest BCUT2D eigenvalue weighted by Crippen LogP contribution is 2.56. The molecule has 4 aromatic carbocycles. The number of ether oxygens (including phenoxy) is 6. The van der Waals surface area contributed by atoms with Gasteiger partial charge < -0.3 is 28.4 Å². The van der Waals surface area contributed by atoms with Crippen LogP contribution in [0.2, 0.25) is 0 Å². The molecule has 0 N–H and O–H groups in total. The Bertz CT molecular complexity index is 3680. The highest BCUT2D eigenvalue weighted by Gasteiger charge is 2.63. The zero-order valence-corrected chi connectivity index (χ0v) is 48.8. The summed E-state index contributed by atoms with van der Waals surface area (Å²) < 4.78 is 37.7. The Morgan fingerprint density at radius 1 is 0.432 bits per heavy atom. The van der Waals surface area contributed by atoms with E-state index in [-0.39, 0.29) is 104 Å². The number of aromatic nitrogens is 2. The number of esters is 4. The molecule has 0 amide bonds. The minimum atomic E-state index is -2.75.